The number of likely N-dealkylation sites (tertiary alicyclic amines) is 1. The number of hydrogen-bond donors (Lipinski definition) is 3. The van der Waals surface area contributed by atoms with Crippen LogP contribution in [0.25, 0.3) is 0 Å². The van der Waals surface area contributed by atoms with Crippen molar-refractivity contribution in [3.63, 3.8) is 0 Å². The van der Waals surface area contributed by atoms with Crippen LogP contribution in [0.2, 0.25) is 0 Å². The van der Waals surface area contributed by atoms with Gasteiger partial charge in [-0.15, -0.1) is 0 Å². The predicted octanol–water partition coefficient (Wildman–Crippen LogP) is 1.96. The normalized spacial score (nSPS) is 20.1. The molecule has 0 aromatic heterocycles. The Morgan fingerprint density at radius 2 is 1.79 bits per heavy atom. The second-order valence-electron chi connectivity index (χ2n) is 9.17. The van der Waals surface area contributed by atoms with Crippen molar-refractivity contribution in [3.8, 4) is 0 Å². The highest BCUT2D eigenvalue weighted by molar-refractivity contribution is 7.90. The van der Waals surface area contributed by atoms with Crippen molar-refractivity contribution in [3.05, 3.63) is 12.2 Å². The van der Waals surface area contributed by atoms with Gasteiger partial charge in [0.25, 0.3) is 5.91 Å². The maximum Gasteiger partial charge on any atom is 0.324 e. The third-order valence-corrected chi connectivity index (χ3v) is 7.91. The fraction of sp³-hybridized carbons (Fsp3) is 0.739. The van der Waals surface area contributed by atoms with E-state index >= 15 is 0 Å². The van der Waals surface area contributed by atoms with E-state index in [1.54, 1.807) is 6.92 Å². The lowest BCUT2D eigenvalue weighted by Crippen LogP contribution is -2.57. The van der Waals surface area contributed by atoms with Crippen LogP contribution in [-0.2, 0) is 24.4 Å². The number of carbonyl (C=O) groups excluding carboxylic acids is 4. The van der Waals surface area contributed by atoms with Crippen molar-refractivity contribution in [1.82, 2.24) is 20.3 Å². The average Bonchev–Trinajstić information content (AvgIpc) is 3.51. The van der Waals surface area contributed by atoms with Gasteiger partial charge in [0.05, 0.1) is 5.25 Å². The first-order chi connectivity index (χ1) is 16.1. The van der Waals surface area contributed by atoms with Gasteiger partial charge in [0.1, 0.15) is 12.1 Å². The van der Waals surface area contributed by atoms with Gasteiger partial charge in [0.2, 0.25) is 21.8 Å². The standard InChI is InChI=1S/C23H38N4O6S/c1-4-5-6-7-8-9-11-16(2)20(22(30)26-34(32,33)18-13-14-18)25-21(29)19-12-10-15-27(19)23(31)24-17(3)28/h9,11,16,18-20H,4-8,10,12-15H2,1-3H3,(H,25,29)(H,26,30)(H,24,28,31)/b11-9-. The summed E-state index contributed by atoms with van der Waals surface area (Å²) in [6.07, 6.45) is 11.0. The molecule has 2 aliphatic rings. The minimum Gasteiger partial charge on any atom is -0.342 e. The Balaban J connectivity index is 2.10. The van der Waals surface area contributed by atoms with Gasteiger partial charge in [0, 0.05) is 19.4 Å². The lowest BCUT2D eigenvalue weighted by Gasteiger charge is -2.27. The highest BCUT2D eigenvalue weighted by atomic mass is 32.2. The molecule has 0 radical (unpaired) electrons. The number of urea groups is 1. The van der Waals surface area contributed by atoms with Crippen LogP contribution in [0.5, 0.6) is 0 Å². The lowest BCUT2D eigenvalue weighted by molar-refractivity contribution is -0.131. The number of nitrogens with one attached hydrogen (secondary N) is 3. The summed E-state index contributed by atoms with van der Waals surface area (Å²) in [6, 6.07) is -2.63. The molecule has 1 saturated heterocycles. The van der Waals surface area contributed by atoms with Crippen LogP contribution < -0.4 is 15.4 Å². The molecule has 34 heavy (non-hydrogen) atoms. The summed E-state index contributed by atoms with van der Waals surface area (Å²) < 4.78 is 26.8. The van der Waals surface area contributed by atoms with E-state index in [0.29, 0.717) is 32.2 Å². The Morgan fingerprint density at radius 3 is 2.41 bits per heavy atom. The molecule has 11 heteroatoms. The van der Waals surface area contributed by atoms with Crippen LogP contribution in [0, 0.1) is 5.92 Å². The third kappa shape index (κ3) is 8.41. The lowest BCUT2D eigenvalue weighted by atomic mass is 9.99. The number of nitrogens with zero attached hydrogens (tertiary/aromatic N) is 1. The average molecular weight is 499 g/mol. The van der Waals surface area contributed by atoms with Gasteiger partial charge in [-0.1, -0.05) is 45.3 Å². The molecule has 0 bridgehead atoms. The number of hydrogen-bond acceptors (Lipinski definition) is 6. The molecular formula is C23H38N4O6S. The summed E-state index contributed by atoms with van der Waals surface area (Å²) in [7, 11) is -3.78. The molecule has 2 rings (SSSR count). The van der Waals surface area contributed by atoms with E-state index in [2.05, 4.69) is 22.3 Å². The van der Waals surface area contributed by atoms with Crippen molar-refractivity contribution in [2.45, 2.75) is 95.9 Å². The smallest absolute Gasteiger partial charge is 0.324 e. The highest BCUT2D eigenvalue weighted by Gasteiger charge is 2.40. The first-order valence-electron chi connectivity index (χ1n) is 12.2. The molecule has 1 aliphatic carbocycles. The van der Waals surface area contributed by atoms with Crippen LogP contribution in [0.3, 0.4) is 0 Å². The van der Waals surface area contributed by atoms with Gasteiger partial charge in [-0.3, -0.25) is 24.4 Å². The number of rotatable bonds is 12. The molecule has 1 saturated carbocycles. The Kier molecular flexibility index (Phi) is 10.5. The van der Waals surface area contributed by atoms with Gasteiger partial charge in [-0.25, -0.2) is 13.2 Å². The maximum atomic E-state index is 13.1. The van der Waals surface area contributed by atoms with E-state index in [0.717, 1.165) is 32.1 Å². The van der Waals surface area contributed by atoms with Crippen molar-refractivity contribution < 1.29 is 27.6 Å². The quantitative estimate of drug-likeness (QED) is 0.277. The molecule has 0 aromatic rings. The first kappa shape index (κ1) is 27.8. The van der Waals surface area contributed by atoms with E-state index in [1.165, 1.54) is 11.8 Å². The SMILES string of the molecule is CCCCCC/C=C\C(C)C(NC(=O)C1CCCN1C(=O)NC(C)=O)C(=O)NS(=O)(=O)C1CC1. The van der Waals surface area contributed by atoms with Gasteiger partial charge in [-0.2, -0.15) is 0 Å². The summed E-state index contributed by atoms with van der Waals surface area (Å²) in [5.41, 5.74) is 0. The van der Waals surface area contributed by atoms with Crippen LogP contribution in [-0.4, -0.2) is 60.9 Å². The predicted molar refractivity (Wildman–Crippen MR) is 128 cm³/mol. The molecule has 0 spiro atoms. The molecule has 1 heterocycles. The summed E-state index contributed by atoms with van der Waals surface area (Å²) in [5, 5.41) is 4.26. The van der Waals surface area contributed by atoms with Gasteiger partial charge < -0.3 is 10.2 Å². The minimum atomic E-state index is -3.78. The Hall–Kier alpha value is -2.43. The molecular weight excluding hydrogens is 460 g/mol. The molecule has 2 fully saturated rings. The maximum absolute atomic E-state index is 13.1. The van der Waals surface area contributed by atoms with Crippen LogP contribution >= 0.6 is 0 Å². The van der Waals surface area contributed by atoms with E-state index in [9.17, 15) is 27.6 Å². The topological polar surface area (TPSA) is 142 Å². The number of sulfonamides is 1. The Morgan fingerprint density at radius 1 is 1.09 bits per heavy atom. The number of imide groups is 1. The van der Waals surface area contributed by atoms with Crippen LogP contribution in [0.1, 0.15) is 78.6 Å². The molecule has 5 amide bonds. The van der Waals surface area contributed by atoms with E-state index < -0.39 is 57.0 Å². The highest BCUT2D eigenvalue weighted by Crippen LogP contribution is 2.27. The molecule has 3 N–H and O–H groups in total. The zero-order valence-corrected chi connectivity index (χ0v) is 21.2. The van der Waals surface area contributed by atoms with Crippen molar-refractivity contribution in [2.75, 3.05) is 6.54 Å². The van der Waals surface area contributed by atoms with E-state index in [1.807, 2.05) is 12.2 Å². The molecule has 192 valence electrons. The molecule has 3 unspecified atom stereocenters. The first-order valence-corrected chi connectivity index (χ1v) is 13.7. The van der Waals surface area contributed by atoms with Crippen LogP contribution in [0.4, 0.5) is 4.79 Å². The van der Waals surface area contributed by atoms with Crippen LogP contribution in [0.15, 0.2) is 12.2 Å². The fourth-order valence-corrected chi connectivity index (χ4v) is 5.30. The molecule has 3 atom stereocenters. The number of unbranched alkanes of at least 4 members (excludes halogenated alkanes) is 4. The molecule has 10 nitrogen and oxygen atoms in total. The second kappa shape index (κ2) is 12.9. The zero-order valence-electron chi connectivity index (χ0n) is 20.3. The largest absolute Gasteiger partial charge is 0.342 e. The van der Waals surface area contributed by atoms with E-state index in [4.69, 9.17) is 0 Å². The second-order valence-corrected chi connectivity index (χ2v) is 11.1. The third-order valence-electron chi connectivity index (χ3n) is 6.08. The van der Waals surface area contributed by atoms with Gasteiger partial charge in [-0.05, 0) is 38.5 Å². The summed E-state index contributed by atoms with van der Waals surface area (Å²) >= 11 is 0. The fourth-order valence-electron chi connectivity index (χ4n) is 3.97. The van der Waals surface area contributed by atoms with E-state index in [-0.39, 0.29) is 0 Å². The van der Waals surface area contributed by atoms with Crippen molar-refractivity contribution in [1.29, 1.82) is 0 Å². The summed E-state index contributed by atoms with van der Waals surface area (Å²) in [6.45, 7) is 5.39. The molecule has 0 aromatic carbocycles. The Bertz CT molecular complexity index is 884. The van der Waals surface area contributed by atoms with Gasteiger partial charge in [0.15, 0.2) is 0 Å². The Labute approximate surface area is 202 Å². The number of amides is 5. The number of allylic oxidation sites excluding steroid dienone is 1. The zero-order chi connectivity index (χ0) is 25.3. The monoisotopic (exact) mass is 498 g/mol. The summed E-state index contributed by atoms with van der Waals surface area (Å²) in [4.78, 5) is 50.8. The molecule has 1 aliphatic heterocycles. The summed E-state index contributed by atoms with van der Waals surface area (Å²) in [5.74, 6) is -2.34. The van der Waals surface area contributed by atoms with Gasteiger partial charge >= 0.3 is 6.03 Å². The van der Waals surface area contributed by atoms with Crippen molar-refractivity contribution in [2.24, 2.45) is 5.92 Å². The van der Waals surface area contributed by atoms with Crippen molar-refractivity contribution >= 4 is 33.8 Å². The number of carbonyl (C=O) groups is 4. The minimum absolute atomic E-state index is 0.303.